The van der Waals surface area contributed by atoms with Gasteiger partial charge in [0.25, 0.3) is 11.8 Å². The molecule has 0 radical (unpaired) electrons. The molecule has 2 aliphatic rings. The van der Waals surface area contributed by atoms with Gasteiger partial charge in [0.15, 0.2) is 0 Å². The fraction of sp³-hybridized carbons (Fsp3) is 0.375. The van der Waals surface area contributed by atoms with E-state index in [1.165, 1.54) is 15.9 Å². The molecule has 0 aromatic heterocycles. The Morgan fingerprint density at radius 3 is 2.36 bits per heavy atom. The molecule has 4 rings (SSSR count). The van der Waals surface area contributed by atoms with Crippen LogP contribution in [0.25, 0.3) is 0 Å². The van der Waals surface area contributed by atoms with Crippen molar-refractivity contribution >= 4 is 29.3 Å². The minimum Gasteiger partial charge on any atom is -0.449 e. The lowest BCUT2D eigenvalue weighted by Gasteiger charge is -2.30. The average molecular weight is 455 g/mol. The molecule has 0 saturated carbocycles. The van der Waals surface area contributed by atoms with E-state index in [4.69, 9.17) is 9.47 Å². The molecule has 0 bridgehead atoms. The first-order valence-electron chi connectivity index (χ1n) is 11.0. The maximum Gasteiger partial charge on any atom is 0.414 e. The van der Waals surface area contributed by atoms with E-state index in [0.717, 1.165) is 0 Å². The SMILES string of the molecule is CCOC(=O)N(CCCN1C(=O)c2ccccc2C1=O)c1ccc(N2CCOCC2)c(F)c1. The number of imide groups is 1. The minimum absolute atomic E-state index is 0.136. The molecule has 0 spiro atoms. The van der Waals surface area contributed by atoms with Crippen molar-refractivity contribution in [2.45, 2.75) is 13.3 Å². The van der Waals surface area contributed by atoms with E-state index in [1.807, 2.05) is 4.90 Å². The number of benzene rings is 2. The quantitative estimate of drug-likeness (QED) is 0.596. The smallest absolute Gasteiger partial charge is 0.414 e. The predicted molar refractivity (Wildman–Crippen MR) is 120 cm³/mol. The van der Waals surface area contributed by atoms with Crippen molar-refractivity contribution in [3.05, 3.63) is 59.4 Å². The van der Waals surface area contributed by atoms with Crippen molar-refractivity contribution < 1.29 is 28.2 Å². The van der Waals surface area contributed by atoms with Gasteiger partial charge in [0.05, 0.1) is 42.3 Å². The van der Waals surface area contributed by atoms with Gasteiger partial charge in [0.2, 0.25) is 0 Å². The van der Waals surface area contributed by atoms with Crippen LogP contribution in [-0.2, 0) is 9.47 Å². The lowest BCUT2D eigenvalue weighted by molar-refractivity contribution is 0.0653. The summed E-state index contributed by atoms with van der Waals surface area (Å²) in [5.74, 6) is -1.14. The van der Waals surface area contributed by atoms with E-state index in [2.05, 4.69) is 0 Å². The fourth-order valence-electron chi connectivity index (χ4n) is 4.08. The number of ether oxygens (including phenoxy) is 2. The normalized spacial score (nSPS) is 15.6. The Labute approximate surface area is 191 Å². The van der Waals surface area contributed by atoms with Crippen LogP contribution in [0.3, 0.4) is 0 Å². The average Bonchev–Trinajstić information content (AvgIpc) is 3.07. The summed E-state index contributed by atoms with van der Waals surface area (Å²) in [7, 11) is 0. The van der Waals surface area contributed by atoms with Crippen LogP contribution in [0.2, 0.25) is 0 Å². The van der Waals surface area contributed by atoms with E-state index in [0.29, 0.717) is 55.2 Å². The molecule has 3 amide bonds. The second-order valence-electron chi connectivity index (χ2n) is 7.75. The Kier molecular flexibility index (Phi) is 6.88. The van der Waals surface area contributed by atoms with Crippen molar-refractivity contribution in [2.24, 2.45) is 0 Å². The van der Waals surface area contributed by atoms with Gasteiger partial charge in [-0.15, -0.1) is 0 Å². The number of fused-ring (bicyclic) bond motifs is 1. The third kappa shape index (κ3) is 4.68. The zero-order valence-electron chi connectivity index (χ0n) is 18.5. The van der Waals surface area contributed by atoms with E-state index < -0.39 is 11.9 Å². The summed E-state index contributed by atoms with van der Waals surface area (Å²) in [5.41, 5.74) is 1.57. The minimum atomic E-state index is -0.613. The summed E-state index contributed by atoms with van der Waals surface area (Å²) >= 11 is 0. The lowest BCUT2D eigenvalue weighted by atomic mass is 10.1. The monoisotopic (exact) mass is 455 g/mol. The number of hydrogen-bond acceptors (Lipinski definition) is 6. The molecule has 1 fully saturated rings. The van der Waals surface area contributed by atoms with Gasteiger partial charge in [0, 0.05) is 26.2 Å². The largest absolute Gasteiger partial charge is 0.449 e. The molecule has 1 saturated heterocycles. The zero-order chi connectivity index (χ0) is 23.4. The van der Waals surface area contributed by atoms with E-state index in [-0.39, 0.29) is 31.5 Å². The summed E-state index contributed by atoms with van der Waals surface area (Å²) in [4.78, 5) is 42.1. The molecule has 2 heterocycles. The summed E-state index contributed by atoms with van der Waals surface area (Å²) in [6.45, 7) is 4.41. The fourth-order valence-corrected chi connectivity index (χ4v) is 4.08. The number of carbonyl (C=O) groups excluding carboxylic acids is 3. The number of rotatable bonds is 7. The van der Waals surface area contributed by atoms with Crippen molar-refractivity contribution in [3.63, 3.8) is 0 Å². The number of anilines is 2. The molecule has 2 aliphatic heterocycles. The standard InChI is InChI=1S/C24H26FN3O5/c1-2-33-24(31)27(17-8-9-21(20(25)16-17)26-12-14-32-15-13-26)10-5-11-28-22(29)18-6-3-4-7-19(18)23(28)30/h3-4,6-9,16H,2,5,10-15H2,1H3. The van der Waals surface area contributed by atoms with E-state index >= 15 is 0 Å². The first kappa shape index (κ1) is 22.7. The molecule has 2 aromatic carbocycles. The number of halogens is 1. The number of carbonyl (C=O) groups is 3. The van der Waals surface area contributed by atoms with Crippen molar-refractivity contribution in [2.75, 3.05) is 55.8 Å². The van der Waals surface area contributed by atoms with Gasteiger partial charge in [-0.3, -0.25) is 19.4 Å². The van der Waals surface area contributed by atoms with Crippen molar-refractivity contribution in [1.29, 1.82) is 0 Å². The van der Waals surface area contributed by atoms with Gasteiger partial charge in [-0.1, -0.05) is 12.1 Å². The Bertz CT molecular complexity index is 1020. The number of morpholine rings is 1. The molecule has 8 nitrogen and oxygen atoms in total. The summed E-state index contributed by atoms with van der Waals surface area (Å²) in [5, 5.41) is 0. The van der Waals surface area contributed by atoms with Crippen molar-refractivity contribution in [3.8, 4) is 0 Å². The maximum absolute atomic E-state index is 14.9. The molecular formula is C24H26FN3O5. The topological polar surface area (TPSA) is 79.4 Å². The van der Waals surface area contributed by atoms with E-state index in [1.54, 1.807) is 43.3 Å². The number of hydrogen-bond donors (Lipinski definition) is 0. The van der Waals surface area contributed by atoms with Gasteiger partial charge in [-0.05, 0) is 43.7 Å². The first-order valence-corrected chi connectivity index (χ1v) is 11.0. The highest BCUT2D eigenvalue weighted by Crippen LogP contribution is 2.27. The van der Waals surface area contributed by atoms with Gasteiger partial charge in [-0.25, -0.2) is 9.18 Å². The van der Waals surface area contributed by atoms with Crippen molar-refractivity contribution in [1.82, 2.24) is 4.90 Å². The Balaban J connectivity index is 1.46. The summed E-state index contributed by atoms with van der Waals surface area (Å²) in [6.07, 6.45) is -0.296. The summed E-state index contributed by atoms with van der Waals surface area (Å²) in [6, 6.07) is 11.3. The molecule has 174 valence electrons. The zero-order valence-corrected chi connectivity index (χ0v) is 18.5. The van der Waals surface area contributed by atoms with Crippen LogP contribution < -0.4 is 9.80 Å². The Hall–Kier alpha value is -3.46. The molecule has 0 N–H and O–H groups in total. The van der Waals surface area contributed by atoms with Gasteiger partial charge < -0.3 is 14.4 Å². The highest BCUT2D eigenvalue weighted by Gasteiger charge is 2.34. The van der Waals surface area contributed by atoms with Crippen LogP contribution in [0.1, 0.15) is 34.1 Å². The first-order chi connectivity index (χ1) is 16.0. The Morgan fingerprint density at radius 2 is 1.76 bits per heavy atom. The second-order valence-corrected chi connectivity index (χ2v) is 7.75. The molecule has 9 heteroatoms. The molecule has 0 unspecified atom stereocenters. The Morgan fingerprint density at radius 1 is 1.09 bits per heavy atom. The molecule has 0 atom stereocenters. The molecular weight excluding hydrogens is 429 g/mol. The van der Waals surface area contributed by atoms with Crippen LogP contribution in [0.5, 0.6) is 0 Å². The second kappa shape index (κ2) is 9.99. The maximum atomic E-state index is 14.9. The predicted octanol–water partition coefficient (Wildman–Crippen LogP) is 3.31. The van der Waals surface area contributed by atoms with Crippen LogP contribution in [0, 0.1) is 5.82 Å². The highest BCUT2D eigenvalue weighted by atomic mass is 19.1. The van der Waals surface area contributed by atoms with Gasteiger partial charge >= 0.3 is 6.09 Å². The molecule has 33 heavy (non-hydrogen) atoms. The van der Waals surface area contributed by atoms with Crippen LogP contribution in [0.4, 0.5) is 20.6 Å². The summed E-state index contributed by atoms with van der Waals surface area (Å²) < 4.78 is 25.4. The molecule has 0 aliphatic carbocycles. The number of nitrogens with zero attached hydrogens (tertiary/aromatic N) is 3. The third-order valence-electron chi connectivity index (χ3n) is 5.72. The third-order valence-corrected chi connectivity index (χ3v) is 5.72. The van der Waals surface area contributed by atoms with Gasteiger partial charge in [-0.2, -0.15) is 0 Å². The van der Waals surface area contributed by atoms with Crippen LogP contribution in [0.15, 0.2) is 42.5 Å². The van der Waals surface area contributed by atoms with Crippen LogP contribution in [-0.4, -0.2) is 68.8 Å². The van der Waals surface area contributed by atoms with E-state index in [9.17, 15) is 18.8 Å². The van der Waals surface area contributed by atoms with Gasteiger partial charge in [0.1, 0.15) is 5.82 Å². The van der Waals surface area contributed by atoms with Crippen LogP contribution >= 0.6 is 0 Å². The molecule has 2 aromatic rings. The highest BCUT2D eigenvalue weighted by molar-refractivity contribution is 6.21. The number of amides is 3. The lowest BCUT2D eigenvalue weighted by Crippen LogP contribution is -2.37.